The van der Waals surface area contributed by atoms with Crippen LogP contribution in [0.4, 0.5) is 5.69 Å². The molecule has 0 saturated carbocycles. The zero-order valence-corrected chi connectivity index (χ0v) is 16.5. The van der Waals surface area contributed by atoms with Crippen LogP contribution in [0.5, 0.6) is 0 Å². The van der Waals surface area contributed by atoms with Crippen molar-refractivity contribution in [3.8, 4) is 0 Å². The molecule has 1 atom stereocenters. The Bertz CT molecular complexity index is 874. The van der Waals surface area contributed by atoms with Gasteiger partial charge in [-0.15, -0.1) is 0 Å². The van der Waals surface area contributed by atoms with Crippen molar-refractivity contribution >= 4 is 21.6 Å². The monoisotopic (exact) mass is 374 g/mol. The summed E-state index contributed by atoms with van der Waals surface area (Å²) in [6.07, 6.45) is 0.782. The quantitative estimate of drug-likeness (QED) is 0.771. The van der Waals surface area contributed by atoms with Crippen LogP contribution in [-0.4, -0.2) is 20.1 Å². The van der Waals surface area contributed by atoms with Gasteiger partial charge in [-0.2, -0.15) is 0 Å². The van der Waals surface area contributed by atoms with Gasteiger partial charge in [0.25, 0.3) is 5.91 Å². The van der Waals surface area contributed by atoms with Crippen molar-refractivity contribution in [3.63, 3.8) is 0 Å². The molecule has 2 aromatic carbocycles. The van der Waals surface area contributed by atoms with E-state index in [1.165, 1.54) is 5.56 Å². The highest BCUT2D eigenvalue weighted by Crippen LogP contribution is 2.22. The van der Waals surface area contributed by atoms with Gasteiger partial charge in [0.2, 0.25) is 10.0 Å². The molecule has 0 aliphatic carbocycles. The van der Waals surface area contributed by atoms with Gasteiger partial charge in [0.1, 0.15) is 0 Å². The summed E-state index contributed by atoms with van der Waals surface area (Å²) in [5, 5.41) is 3.06. The summed E-state index contributed by atoms with van der Waals surface area (Å²) in [6, 6.07) is 12.6. The highest BCUT2D eigenvalue weighted by atomic mass is 32.2. The van der Waals surface area contributed by atoms with Gasteiger partial charge in [-0.05, 0) is 62.6 Å². The van der Waals surface area contributed by atoms with Gasteiger partial charge >= 0.3 is 0 Å². The molecule has 0 aliphatic heterocycles. The van der Waals surface area contributed by atoms with E-state index in [0.717, 1.165) is 17.5 Å². The van der Waals surface area contributed by atoms with Crippen molar-refractivity contribution in [1.82, 2.24) is 5.32 Å². The Morgan fingerprint density at radius 3 is 2.23 bits per heavy atom. The molecular weight excluding hydrogens is 348 g/mol. The van der Waals surface area contributed by atoms with Crippen LogP contribution in [0.2, 0.25) is 0 Å². The van der Waals surface area contributed by atoms with Crippen LogP contribution in [0, 0.1) is 13.8 Å². The third kappa shape index (κ3) is 5.08. The number of sulfonamides is 1. The third-order valence-corrected chi connectivity index (χ3v) is 5.62. The normalized spacial score (nSPS) is 12.5. The van der Waals surface area contributed by atoms with Gasteiger partial charge in [-0.1, -0.05) is 30.7 Å². The molecule has 26 heavy (non-hydrogen) atoms. The zero-order chi connectivity index (χ0) is 19.3. The Kier molecular flexibility index (Phi) is 6.42. The summed E-state index contributed by atoms with van der Waals surface area (Å²) >= 11 is 0. The molecule has 0 saturated heterocycles. The predicted octanol–water partition coefficient (Wildman–Crippen LogP) is 3.95. The topological polar surface area (TPSA) is 75.3 Å². The van der Waals surface area contributed by atoms with Crippen molar-refractivity contribution in [2.24, 2.45) is 0 Å². The Balaban J connectivity index is 2.13. The van der Waals surface area contributed by atoms with Crippen LogP contribution >= 0.6 is 0 Å². The molecule has 0 heterocycles. The van der Waals surface area contributed by atoms with E-state index >= 15 is 0 Å². The van der Waals surface area contributed by atoms with Crippen molar-refractivity contribution < 1.29 is 13.2 Å². The molecule has 2 rings (SSSR count). The number of hydrogen-bond donors (Lipinski definition) is 2. The molecule has 0 aliphatic rings. The summed E-state index contributed by atoms with van der Waals surface area (Å²) in [4.78, 5) is 12.6. The first-order chi connectivity index (χ1) is 12.3. The van der Waals surface area contributed by atoms with E-state index in [2.05, 4.69) is 22.2 Å². The van der Waals surface area contributed by atoms with Crippen molar-refractivity contribution in [2.75, 3.05) is 10.5 Å². The first-order valence-corrected chi connectivity index (χ1v) is 10.4. The summed E-state index contributed by atoms with van der Waals surface area (Å²) in [6.45, 7) is 7.70. The second-order valence-corrected chi connectivity index (χ2v) is 8.39. The number of amides is 1. The highest BCUT2D eigenvalue weighted by molar-refractivity contribution is 7.92. The van der Waals surface area contributed by atoms with E-state index in [-0.39, 0.29) is 17.7 Å². The number of anilines is 1. The zero-order valence-electron chi connectivity index (χ0n) is 15.7. The molecule has 1 unspecified atom stereocenters. The number of carbonyl (C=O) groups excluding carboxylic acids is 1. The van der Waals surface area contributed by atoms with E-state index in [4.69, 9.17) is 0 Å². The van der Waals surface area contributed by atoms with E-state index in [1.807, 2.05) is 26.8 Å². The second-order valence-electron chi connectivity index (χ2n) is 6.38. The van der Waals surface area contributed by atoms with Crippen LogP contribution < -0.4 is 10.0 Å². The highest BCUT2D eigenvalue weighted by Gasteiger charge is 2.16. The maximum Gasteiger partial charge on any atom is 0.251 e. The number of aryl methyl sites for hydroxylation is 2. The van der Waals surface area contributed by atoms with Gasteiger partial charge in [0.15, 0.2) is 0 Å². The lowest BCUT2D eigenvalue weighted by Gasteiger charge is -2.20. The van der Waals surface area contributed by atoms with Crippen LogP contribution in [0.3, 0.4) is 0 Å². The average molecular weight is 375 g/mol. The molecule has 0 fully saturated rings. The van der Waals surface area contributed by atoms with Gasteiger partial charge in [-0.25, -0.2) is 8.42 Å². The lowest BCUT2D eigenvalue weighted by atomic mass is 9.97. The van der Waals surface area contributed by atoms with Crippen molar-refractivity contribution in [2.45, 2.75) is 40.2 Å². The summed E-state index contributed by atoms with van der Waals surface area (Å²) in [5.41, 5.74) is 4.40. The molecule has 2 aromatic rings. The molecule has 1 amide bonds. The summed E-state index contributed by atoms with van der Waals surface area (Å²) in [7, 11) is -3.32. The molecule has 140 valence electrons. The van der Waals surface area contributed by atoms with E-state index in [0.29, 0.717) is 11.3 Å². The smallest absolute Gasteiger partial charge is 0.251 e. The van der Waals surface area contributed by atoms with Crippen molar-refractivity contribution in [1.29, 1.82) is 0 Å². The van der Waals surface area contributed by atoms with Crippen molar-refractivity contribution in [3.05, 3.63) is 64.7 Å². The Hall–Kier alpha value is -2.34. The van der Waals surface area contributed by atoms with Gasteiger partial charge in [-0.3, -0.25) is 9.52 Å². The lowest BCUT2D eigenvalue weighted by molar-refractivity contribution is 0.0935. The first kappa shape index (κ1) is 20.0. The Morgan fingerprint density at radius 2 is 1.69 bits per heavy atom. The third-order valence-electron chi connectivity index (χ3n) is 4.31. The number of carbonyl (C=O) groups is 1. The van der Waals surface area contributed by atoms with E-state index in [1.54, 1.807) is 31.2 Å². The first-order valence-electron chi connectivity index (χ1n) is 8.74. The van der Waals surface area contributed by atoms with E-state index in [9.17, 15) is 13.2 Å². The second kappa shape index (κ2) is 8.36. The number of nitrogens with one attached hydrogen (secondary N) is 2. The fourth-order valence-corrected chi connectivity index (χ4v) is 3.44. The molecule has 0 radical (unpaired) electrons. The minimum atomic E-state index is -3.32. The standard InChI is InChI=1S/C20H26N2O3S/c1-5-19(18-12-7-14(3)13-15(18)4)21-20(23)16-8-10-17(11-9-16)22-26(24,25)6-2/h7-13,19,22H,5-6H2,1-4H3,(H,21,23). The summed E-state index contributed by atoms with van der Waals surface area (Å²) < 4.78 is 25.7. The largest absolute Gasteiger partial charge is 0.345 e. The van der Waals surface area contributed by atoms with Crippen LogP contribution in [0.25, 0.3) is 0 Å². The fraction of sp³-hybridized carbons (Fsp3) is 0.350. The Morgan fingerprint density at radius 1 is 1.04 bits per heavy atom. The average Bonchev–Trinajstić information content (AvgIpc) is 2.60. The molecule has 0 spiro atoms. The molecule has 6 heteroatoms. The molecule has 0 aromatic heterocycles. The number of benzene rings is 2. The van der Waals surface area contributed by atoms with Gasteiger partial charge < -0.3 is 5.32 Å². The van der Waals surface area contributed by atoms with Gasteiger partial charge in [0.05, 0.1) is 11.8 Å². The molecule has 0 bridgehead atoms. The molecule has 2 N–H and O–H groups in total. The number of hydrogen-bond acceptors (Lipinski definition) is 3. The molecule has 5 nitrogen and oxygen atoms in total. The Labute approximate surface area is 155 Å². The molecular formula is C20H26N2O3S. The predicted molar refractivity (Wildman–Crippen MR) is 106 cm³/mol. The van der Waals surface area contributed by atoms with Crippen LogP contribution in [0.15, 0.2) is 42.5 Å². The maximum absolute atomic E-state index is 12.6. The maximum atomic E-state index is 12.6. The lowest BCUT2D eigenvalue weighted by Crippen LogP contribution is -2.28. The van der Waals surface area contributed by atoms with Gasteiger partial charge in [0, 0.05) is 11.3 Å². The van der Waals surface area contributed by atoms with Crippen LogP contribution in [0.1, 0.15) is 53.4 Å². The van der Waals surface area contributed by atoms with E-state index < -0.39 is 10.0 Å². The number of rotatable bonds is 7. The minimum absolute atomic E-state index is 0.00329. The fourth-order valence-electron chi connectivity index (χ4n) is 2.80. The SMILES string of the molecule is CCC(NC(=O)c1ccc(NS(=O)(=O)CC)cc1)c1ccc(C)cc1C. The summed E-state index contributed by atoms with van der Waals surface area (Å²) in [5.74, 6) is -0.176. The van der Waals surface area contributed by atoms with Crippen LogP contribution in [-0.2, 0) is 10.0 Å². The minimum Gasteiger partial charge on any atom is -0.345 e.